The lowest BCUT2D eigenvalue weighted by Gasteiger charge is -2.11. The highest BCUT2D eigenvalue weighted by molar-refractivity contribution is 7.89. The van der Waals surface area contributed by atoms with Crippen LogP contribution in [-0.4, -0.2) is 36.6 Å². The van der Waals surface area contributed by atoms with Crippen molar-refractivity contribution in [3.63, 3.8) is 0 Å². The predicted octanol–water partition coefficient (Wildman–Crippen LogP) is 1.13. The van der Waals surface area contributed by atoms with Crippen LogP contribution in [0.5, 0.6) is 0 Å². The van der Waals surface area contributed by atoms with Gasteiger partial charge in [-0.05, 0) is 35.9 Å². The van der Waals surface area contributed by atoms with E-state index >= 15 is 0 Å². The molecule has 27 heavy (non-hydrogen) atoms. The minimum atomic E-state index is -3.79. The standard InChI is InChI=1S/C17H15N5O4S/c1-22-14-6-5-12(8-11(14)9-16(22)23)27(24,25)19-10-15-20-21-17(26-15)13-4-2-3-7-18-13/h2-8,19H,9-10H2,1H3. The third-order valence-electron chi connectivity index (χ3n) is 4.20. The summed E-state index contributed by atoms with van der Waals surface area (Å²) in [5, 5.41) is 7.70. The summed E-state index contributed by atoms with van der Waals surface area (Å²) >= 11 is 0. The van der Waals surface area contributed by atoms with Crippen LogP contribution < -0.4 is 9.62 Å². The summed E-state index contributed by atoms with van der Waals surface area (Å²) in [5.41, 5.74) is 1.91. The molecule has 1 aromatic carbocycles. The Hall–Kier alpha value is -3.11. The zero-order valence-corrected chi connectivity index (χ0v) is 15.1. The Morgan fingerprint density at radius 1 is 1.22 bits per heavy atom. The first-order chi connectivity index (χ1) is 12.9. The summed E-state index contributed by atoms with van der Waals surface area (Å²) in [5.74, 6) is 0.264. The van der Waals surface area contributed by atoms with Gasteiger partial charge in [0.15, 0.2) is 0 Å². The number of sulfonamides is 1. The SMILES string of the molecule is CN1C(=O)Cc2cc(S(=O)(=O)NCc3nnc(-c4ccccn4)o3)ccc21. The molecule has 0 fully saturated rings. The molecule has 10 heteroatoms. The third-order valence-corrected chi connectivity index (χ3v) is 5.60. The highest BCUT2D eigenvalue weighted by Gasteiger charge is 2.26. The number of aromatic nitrogens is 3. The van der Waals surface area contributed by atoms with E-state index < -0.39 is 10.0 Å². The number of nitrogens with one attached hydrogen (secondary N) is 1. The fourth-order valence-electron chi connectivity index (χ4n) is 2.77. The lowest BCUT2D eigenvalue weighted by atomic mass is 10.2. The molecule has 1 amide bonds. The molecule has 3 heterocycles. The average Bonchev–Trinajstić information content (AvgIpc) is 3.26. The number of carbonyl (C=O) groups excluding carboxylic acids is 1. The van der Waals surface area contributed by atoms with E-state index in [1.54, 1.807) is 37.5 Å². The van der Waals surface area contributed by atoms with Gasteiger partial charge in [0.25, 0.3) is 5.89 Å². The van der Waals surface area contributed by atoms with Gasteiger partial charge in [-0.3, -0.25) is 9.78 Å². The summed E-state index contributed by atoms with van der Waals surface area (Å²) in [4.78, 5) is 17.4. The summed E-state index contributed by atoms with van der Waals surface area (Å²) in [6.45, 7) is -0.155. The molecule has 0 atom stereocenters. The molecule has 0 bridgehead atoms. The number of likely N-dealkylation sites (N-methyl/N-ethyl adjacent to an activating group) is 1. The van der Waals surface area contributed by atoms with Crippen molar-refractivity contribution >= 4 is 21.6 Å². The van der Waals surface area contributed by atoms with Gasteiger partial charge in [0.05, 0.1) is 17.9 Å². The van der Waals surface area contributed by atoms with Gasteiger partial charge in [-0.15, -0.1) is 10.2 Å². The Morgan fingerprint density at radius 2 is 2.07 bits per heavy atom. The van der Waals surface area contributed by atoms with Gasteiger partial charge in [0, 0.05) is 18.9 Å². The Morgan fingerprint density at radius 3 is 2.85 bits per heavy atom. The summed E-state index contributed by atoms with van der Waals surface area (Å²) in [6.07, 6.45) is 1.78. The van der Waals surface area contributed by atoms with E-state index in [9.17, 15) is 13.2 Å². The highest BCUT2D eigenvalue weighted by atomic mass is 32.2. The highest BCUT2D eigenvalue weighted by Crippen LogP contribution is 2.29. The van der Waals surface area contributed by atoms with E-state index in [0.717, 1.165) is 5.69 Å². The van der Waals surface area contributed by atoms with Gasteiger partial charge in [0.1, 0.15) is 5.69 Å². The largest absolute Gasteiger partial charge is 0.418 e. The van der Waals surface area contributed by atoms with Crippen LogP contribution in [0.4, 0.5) is 5.69 Å². The van der Waals surface area contributed by atoms with Crippen molar-refractivity contribution in [1.29, 1.82) is 0 Å². The minimum absolute atomic E-state index is 0.0691. The molecule has 1 aliphatic rings. The molecule has 3 aromatic rings. The molecule has 0 saturated heterocycles. The van der Waals surface area contributed by atoms with Gasteiger partial charge < -0.3 is 9.32 Å². The van der Waals surface area contributed by atoms with E-state index in [0.29, 0.717) is 11.3 Å². The molecular weight excluding hydrogens is 370 g/mol. The molecule has 0 spiro atoms. The fraction of sp³-hybridized carbons (Fsp3) is 0.176. The summed E-state index contributed by atoms with van der Waals surface area (Å²) < 4.78 is 32.9. The zero-order valence-electron chi connectivity index (χ0n) is 14.3. The van der Waals surface area contributed by atoms with Crippen molar-refractivity contribution in [3.8, 4) is 11.6 Å². The van der Waals surface area contributed by atoms with Crippen LogP contribution in [0.3, 0.4) is 0 Å². The first-order valence-electron chi connectivity index (χ1n) is 8.07. The van der Waals surface area contributed by atoms with Gasteiger partial charge in [-0.25, -0.2) is 13.1 Å². The van der Waals surface area contributed by atoms with E-state index in [-0.39, 0.29) is 35.5 Å². The first kappa shape index (κ1) is 17.3. The van der Waals surface area contributed by atoms with Crippen molar-refractivity contribution in [2.24, 2.45) is 0 Å². The van der Waals surface area contributed by atoms with Crippen molar-refractivity contribution < 1.29 is 17.6 Å². The number of fused-ring (bicyclic) bond motifs is 1. The van der Waals surface area contributed by atoms with Gasteiger partial charge >= 0.3 is 0 Å². The predicted molar refractivity (Wildman–Crippen MR) is 95.1 cm³/mol. The second-order valence-electron chi connectivity index (χ2n) is 5.96. The molecule has 0 unspecified atom stereocenters. The van der Waals surface area contributed by atoms with Gasteiger partial charge in [-0.2, -0.15) is 0 Å². The molecule has 4 rings (SSSR count). The van der Waals surface area contributed by atoms with Crippen LogP contribution in [0.2, 0.25) is 0 Å². The number of rotatable bonds is 5. The topological polar surface area (TPSA) is 118 Å². The van der Waals surface area contributed by atoms with E-state index in [1.165, 1.54) is 17.0 Å². The number of amides is 1. The summed E-state index contributed by atoms with van der Waals surface area (Å²) in [7, 11) is -2.13. The molecule has 0 aliphatic carbocycles. The molecule has 9 nitrogen and oxygen atoms in total. The van der Waals surface area contributed by atoms with Crippen molar-refractivity contribution in [3.05, 3.63) is 54.0 Å². The maximum atomic E-state index is 12.5. The van der Waals surface area contributed by atoms with E-state index in [4.69, 9.17) is 4.42 Å². The Labute approximate surface area is 155 Å². The number of benzene rings is 1. The molecule has 1 aliphatic heterocycles. The maximum Gasteiger partial charge on any atom is 0.266 e. The lowest BCUT2D eigenvalue weighted by molar-refractivity contribution is -0.117. The molecule has 2 aromatic heterocycles. The fourth-order valence-corrected chi connectivity index (χ4v) is 3.80. The monoisotopic (exact) mass is 385 g/mol. The number of hydrogen-bond acceptors (Lipinski definition) is 7. The van der Waals surface area contributed by atoms with Crippen LogP contribution in [0.25, 0.3) is 11.6 Å². The second kappa shape index (κ2) is 6.56. The molecular formula is C17H15N5O4S. The Balaban J connectivity index is 1.49. The molecule has 0 radical (unpaired) electrons. The first-order valence-corrected chi connectivity index (χ1v) is 9.55. The Kier molecular flexibility index (Phi) is 4.21. The van der Waals surface area contributed by atoms with Crippen LogP contribution in [0, 0.1) is 0 Å². The van der Waals surface area contributed by atoms with E-state index in [1.807, 2.05) is 0 Å². The van der Waals surface area contributed by atoms with Crippen LogP contribution >= 0.6 is 0 Å². The van der Waals surface area contributed by atoms with Crippen LogP contribution in [-0.2, 0) is 27.8 Å². The smallest absolute Gasteiger partial charge is 0.266 e. The Bertz CT molecular complexity index is 1110. The quantitative estimate of drug-likeness (QED) is 0.699. The minimum Gasteiger partial charge on any atom is -0.418 e. The van der Waals surface area contributed by atoms with Crippen molar-refractivity contribution in [1.82, 2.24) is 19.9 Å². The van der Waals surface area contributed by atoms with Gasteiger partial charge in [-0.1, -0.05) is 6.07 Å². The lowest BCUT2D eigenvalue weighted by Crippen LogP contribution is -2.23. The van der Waals surface area contributed by atoms with Crippen LogP contribution in [0.1, 0.15) is 11.5 Å². The molecule has 0 saturated carbocycles. The maximum absolute atomic E-state index is 12.5. The third kappa shape index (κ3) is 3.32. The normalized spacial score (nSPS) is 13.8. The van der Waals surface area contributed by atoms with Crippen molar-refractivity contribution in [2.45, 2.75) is 17.9 Å². The number of pyridine rings is 1. The van der Waals surface area contributed by atoms with Gasteiger partial charge in [0.2, 0.25) is 21.8 Å². The van der Waals surface area contributed by atoms with Crippen LogP contribution in [0.15, 0.2) is 51.9 Å². The van der Waals surface area contributed by atoms with E-state index in [2.05, 4.69) is 19.9 Å². The molecule has 138 valence electrons. The number of carbonyl (C=O) groups is 1. The number of hydrogen-bond donors (Lipinski definition) is 1. The zero-order chi connectivity index (χ0) is 19.0. The average molecular weight is 385 g/mol. The number of nitrogens with zero attached hydrogens (tertiary/aromatic N) is 4. The second-order valence-corrected chi connectivity index (χ2v) is 7.73. The summed E-state index contributed by atoms with van der Waals surface area (Å²) in [6, 6.07) is 9.85. The number of anilines is 1. The molecule has 1 N–H and O–H groups in total. The van der Waals surface area contributed by atoms with Crippen molar-refractivity contribution in [2.75, 3.05) is 11.9 Å².